The van der Waals surface area contributed by atoms with Gasteiger partial charge in [-0.15, -0.1) is 0 Å². The molecule has 0 aromatic heterocycles. The Bertz CT molecular complexity index is 1520. The molecule has 0 aromatic rings. The summed E-state index contributed by atoms with van der Waals surface area (Å²) in [6.45, 7) is 2.73. The van der Waals surface area contributed by atoms with Gasteiger partial charge in [0.25, 0.3) is 0 Å². The molecule has 8 N–H and O–H groups in total. The first kappa shape index (κ1) is 66.2. The zero-order chi connectivity index (χ0) is 51.6. The maximum atomic E-state index is 13.1. The zero-order valence-electron chi connectivity index (χ0n) is 41.1. The number of ether oxygens (including phenoxy) is 2. The molecule has 0 aromatic carbocycles. The second-order valence-electron chi connectivity index (χ2n) is 18.0. The van der Waals surface area contributed by atoms with E-state index in [9.17, 15) is 67.9 Å². The average Bonchev–Trinajstić information content (AvgIpc) is 3.27. The fourth-order valence-electron chi connectivity index (χ4n) is 7.90. The molecule has 8 atom stereocenters. The van der Waals surface area contributed by atoms with Crippen molar-refractivity contribution < 1.29 is 95.4 Å². The first-order chi connectivity index (χ1) is 32.7. The molecule has 1 saturated carbocycles. The van der Waals surface area contributed by atoms with E-state index in [1.807, 2.05) is 6.92 Å². The minimum Gasteiger partial charge on any atom is -0.462 e. The molecule has 1 aliphatic rings. The third-order valence-electron chi connectivity index (χ3n) is 11.7. The van der Waals surface area contributed by atoms with Gasteiger partial charge >= 0.3 is 35.4 Å². The van der Waals surface area contributed by atoms with Crippen molar-refractivity contribution in [3.05, 3.63) is 0 Å². The van der Waals surface area contributed by atoms with E-state index < -0.39 is 91.3 Å². The van der Waals surface area contributed by atoms with E-state index in [0.29, 0.717) is 24.4 Å². The topological polar surface area (TPSA) is 320 Å². The molecule has 0 spiro atoms. The smallest absolute Gasteiger partial charge is 0.462 e. The predicted octanol–water partition coefficient (Wildman–Crippen LogP) is 9.00. The van der Waals surface area contributed by atoms with Crippen LogP contribution >= 0.6 is 35.2 Å². The number of hydrogen-bond donors (Lipinski definition) is 8. The van der Waals surface area contributed by atoms with E-state index in [0.717, 1.165) is 89.2 Å². The Morgan fingerprint density at radius 1 is 0.464 bits per heavy atom. The number of aliphatic hydroxyl groups excluding tert-OH is 3. The summed E-state index contributed by atoms with van der Waals surface area (Å²) in [6.07, 6.45) is 13.3. The lowest BCUT2D eigenvalue weighted by molar-refractivity contribution is -0.213. The normalized spacial score (nSPS) is 21.2. The number of unbranched alkanes of at least 4 members (excludes halogenated alkanes) is 24. The number of phosphoric acid groups is 3. The molecule has 4 unspecified atom stereocenters. The predicted molar refractivity (Wildman–Crippen MR) is 261 cm³/mol. The lowest BCUT2D eigenvalue weighted by Crippen LogP contribution is -2.65. The Hall–Kier alpha value is -0.830. The minimum atomic E-state index is -5.60. The number of aliphatic hydroxyl groups is 3. The van der Waals surface area contributed by atoms with Crippen molar-refractivity contribution >= 4 is 52.3 Å². The van der Waals surface area contributed by atoms with Gasteiger partial charge in [0, 0.05) is 25.0 Å². The van der Waals surface area contributed by atoms with Crippen LogP contribution in [0.15, 0.2) is 0 Å². The van der Waals surface area contributed by atoms with E-state index in [-0.39, 0.29) is 12.8 Å². The van der Waals surface area contributed by atoms with Gasteiger partial charge in [-0.1, -0.05) is 173 Å². The highest BCUT2D eigenvalue weighted by atomic mass is 32.2. The molecule has 0 radical (unpaired) electrons. The molecule has 1 aliphatic carbocycles. The quantitative estimate of drug-likeness (QED) is 0.0160. The minimum absolute atomic E-state index is 0.00381. The molecular weight excluding hydrogens is 985 g/mol. The van der Waals surface area contributed by atoms with E-state index >= 15 is 0 Å². The second kappa shape index (κ2) is 38.7. The van der Waals surface area contributed by atoms with E-state index in [4.69, 9.17) is 18.5 Å². The third kappa shape index (κ3) is 35.1. The molecule has 69 heavy (non-hydrogen) atoms. The number of carbonyl (C=O) groups is 3. The van der Waals surface area contributed by atoms with Crippen LogP contribution in [0.2, 0.25) is 0 Å². The largest absolute Gasteiger partial charge is 0.472 e. The van der Waals surface area contributed by atoms with Crippen molar-refractivity contribution in [2.75, 3.05) is 19.0 Å². The van der Waals surface area contributed by atoms with E-state index in [1.54, 1.807) is 0 Å². The van der Waals surface area contributed by atoms with Crippen LogP contribution in [0.5, 0.6) is 0 Å². The summed E-state index contributed by atoms with van der Waals surface area (Å²) < 4.78 is 65.5. The summed E-state index contributed by atoms with van der Waals surface area (Å²) >= 11 is 1.46. The molecule has 408 valence electrons. The van der Waals surface area contributed by atoms with Crippen LogP contribution in [-0.4, -0.2) is 119 Å². The van der Waals surface area contributed by atoms with E-state index in [2.05, 4.69) is 16.0 Å². The lowest BCUT2D eigenvalue weighted by atomic mass is 9.85. The van der Waals surface area contributed by atoms with Gasteiger partial charge in [-0.2, -0.15) is 0 Å². The summed E-state index contributed by atoms with van der Waals surface area (Å²) in [7, 11) is -16.6. The molecule has 20 nitrogen and oxygen atoms in total. The molecule has 0 heterocycles. The van der Waals surface area contributed by atoms with Gasteiger partial charge in [0.15, 0.2) is 11.2 Å². The number of hydrogen-bond acceptors (Lipinski definition) is 16. The van der Waals surface area contributed by atoms with Crippen molar-refractivity contribution in [2.45, 2.75) is 249 Å². The number of esters is 2. The van der Waals surface area contributed by atoms with Gasteiger partial charge in [-0.25, -0.2) is 13.7 Å². The Morgan fingerprint density at radius 2 is 0.855 bits per heavy atom. The highest BCUT2D eigenvalue weighted by molar-refractivity contribution is 8.13. The van der Waals surface area contributed by atoms with Crippen molar-refractivity contribution in [3.63, 3.8) is 0 Å². The van der Waals surface area contributed by atoms with Crippen molar-refractivity contribution in [1.29, 1.82) is 0 Å². The summed E-state index contributed by atoms with van der Waals surface area (Å²) in [5.41, 5.74) is 0. The van der Waals surface area contributed by atoms with Crippen molar-refractivity contribution in [1.82, 2.24) is 0 Å². The van der Waals surface area contributed by atoms with Gasteiger partial charge in [-0.3, -0.25) is 32.5 Å². The highest BCUT2D eigenvalue weighted by Gasteiger charge is 2.56. The lowest BCUT2D eigenvalue weighted by Gasteiger charge is -2.44. The average molecular weight is 1070 g/mol. The fraction of sp³-hybridized carbons (Fsp3) is 0.933. The molecule has 0 aliphatic heterocycles. The molecule has 0 saturated heterocycles. The standard InChI is InChI=1S/C45H87O20P3S/c1-3-5-6-7-8-9-10-12-16-19-22-25-28-32-38(47)62-36(34-60-37(46)31-27-24-21-18-15-13-11-14-17-20-23-26-29-33-69-39(48)30-4-2)35-61-68(58,59)65-43-40(49)41(50)44(63-66(52,53)54)45(42(43)51)64-67(55,56)57/h36,40-45,49-51H,3-35H2,1-2H3,(H,58,59)(H2,52,53,54)(H2,55,56,57)/t36-,40-,41+,42?,43?,44?,45-/m1/s1. The van der Waals surface area contributed by atoms with Gasteiger partial charge in [0.05, 0.1) is 6.61 Å². The van der Waals surface area contributed by atoms with Crippen molar-refractivity contribution in [2.24, 2.45) is 0 Å². The SMILES string of the molecule is CCCCCCCCCCCCCCCC(=O)O[C@H](COC(=O)CCCCCCCCCCCCCCCSC(=O)CCC)COP(=O)(O)OC1C(O)[C@@H](OP(=O)(O)O)C(OP(=O)(O)O)[C@@H](O)[C@H]1O. The first-order valence-corrected chi connectivity index (χ1v) is 30.9. The van der Waals surface area contributed by atoms with Crippen LogP contribution in [0.3, 0.4) is 0 Å². The number of phosphoric ester groups is 3. The second-order valence-corrected chi connectivity index (χ2v) is 23.0. The molecular formula is C45H87O20P3S. The van der Waals surface area contributed by atoms with Crippen LogP contribution in [0.1, 0.15) is 206 Å². The van der Waals surface area contributed by atoms with Crippen LogP contribution in [0.25, 0.3) is 0 Å². The maximum Gasteiger partial charge on any atom is 0.472 e. The van der Waals surface area contributed by atoms with Gasteiger partial charge in [-0.05, 0) is 25.7 Å². The van der Waals surface area contributed by atoms with Crippen LogP contribution < -0.4 is 0 Å². The first-order valence-electron chi connectivity index (χ1n) is 25.4. The Kier molecular flexibility index (Phi) is 37.1. The van der Waals surface area contributed by atoms with Crippen LogP contribution in [-0.2, 0) is 55.6 Å². The molecule has 0 bridgehead atoms. The zero-order valence-corrected chi connectivity index (χ0v) is 44.6. The number of carbonyl (C=O) groups excluding carboxylic acids is 3. The maximum absolute atomic E-state index is 13.1. The van der Waals surface area contributed by atoms with Gasteiger partial charge < -0.3 is 49.3 Å². The third-order valence-corrected chi connectivity index (χ3v) is 14.7. The Morgan fingerprint density at radius 3 is 1.29 bits per heavy atom. The Balaban J connectivity index is 2.64. The molecule has 1 fully saturated rings. The fourth-order valence-corrected chi connectivity index (χ4v) is 10.9. The monoisotopic (exact) mass is 1070 g/mol. The summed E-state index contributed by atoms with van der Waals surface area (Å²) in [5, 5.41) is 32.2. The van der Waals surface area contributed by atoms with Crippen molar-refractivity contribution in [3.8, 4) is 0 Å². The molecule has 1 rings (SSSR count). The van der Waals surface area contributed by atoms with Crippen LogP contribution in [0, 0.1) is 0 Å². The van der Waals surface area contributed by atoms with Gasteiger partial charge in [0.1, 0.15) is 43.2 Å². The number of rotatable bonds is 44. The summed E-state index contributed by atoms with van der Waals surface area (Å²) in [6, 6.07) is 0. The van der Waals surface area contributed by atoms with E-state index in [1.165, 1.54) is 88.8 Å². The summed E-state index contributed by atoms with van der Waals surface area (Å²) in [4.78, 5) is 84.9. The highest BCUT2D eigenvalue weighted by Crippen LogP contribution is 2.51. The molecule has 0 amide bonds. The molecule has 24 heteroatoms. The number of thioether (sulfide) groups is 1. The van der Waals surface area contributed by atoms with Crippen LogP contribution in [0.4, 0.5) is 0 Å². The van der Waals surface area contributed by atoms with Gasteiger partial charge in [0.2, 0.25) is 0 Å². The Labute approximate surface area is 414 Å². The summed E-state index contributed by atoms with van der Waals surface area (Å²) in [5.74, 6) is -0.390.